The molecular formula is C33H33F2N5O3. The first-order chi connectivity index (χ1) is 20.8. The molecule has 3 N–H and O–H groups in total. The van der Waals surface area contributed by atoms with Crippen LogP contribution < -0.4 is 30.5 Å². The van der Waals surface area contributed by atoms with Gasteiger partial charge in [0.25, 0.3) is 5.91 Å². The minimum absolute atomic E-state index is 0.168. The van der Waals surface area contributed by atoms with Gasteiger partial charge in [0.05, 0.1) is 30.1 Å². The van der Waals surface area contributed by atoms with Crippen LogP contribution in [0.5, 0.6) is 5.75 Å². The van der Waals surface area contributed by atoms with Gasteiger partial charge in [-0.05, 0) is 55.0 Å². The molecule has 1 saturated heterocycles. The highest BCUT2D eigenvalue weighted by molar-refractivity contribution is 6.04. The van der Waals surface area contributed by atoms with E-state index in [1.165, 1.54) is 0 Å². The van der Waals surface area contributed by atoms with Gasteiger partial charge in [0.1, 0.15) is 17.4 Å². The maximum atomic E-state index is 14.1. The van der Waals surface area contributed by atoms with Gasteiger partial charge in [-0.2, -0.15) is 0 Å². The Bertz CT molecular complexity index is 1590. The Labute approximate surface area is 249 Å². The van der Waals surface area contributed by atoms with Crippen molar-refractivity contribution in [3.63, 3.8) is 0 Å². The molecule has 8 nitrogen and oxygen atoms in total. The molecule has 4 aromatic carbocycles. The third-order valence-corrected chi connectivity index (χ3v) is 7.37. The summed E-state index contributed by atoms with van der Waals surface area (Å²) in [5.41, 5.74) is 3.26. The lowest BCUT2D eigenvalue weighted by molar-refractivity contribution is 0.0940. The lowest BCUT2D eigenvalue weighted by Crippen LogP contribution is -2.47. The normalized spacial score (nSPS) is 13.7. The average Bonchev–Trinajstić information content (AvgIpc) is 3.03. The van der Waals surface area contributed by atoms with Crippen molar-refractivity contribution < 1.29 is 23.1 Å². The molecule has 10 heteroatoms. The van der Waals surface area contributed by atoms with Crippen molar-refractivity contribution in [3.05, 3.63) is 114 Å². The van der Waals surface area contributed by atoms with Gasteiger partial charge >= 0.3 is 6.03 Å². The van der Waals surface area contributed by atoms with E-state index in [0.717, 1.165) is 34.8 Å². The number of anilines is 4. The van der Waals surface area contributed by atoms with Crippen LogP contribution in [0.3, 0.4) is 0 Å². The number of nitrogens with one attached hydrogen (secondary N) is 3. The van der Waals surface area contributed by atoms with Gasteiger partial charge in [-0.15, -0.1) is 0 Å². The van der Waals surface area contributed by atoms with E-state index < -0.39 is 17.7 Å². The fourth-order valence-corrected chi connectivity index (χ4v) is 5.13. The maximum Gasteiger partial charge on any atom is 0.323 e. The van der Waals surface area contributed by atoms with Crippen molar-refractivity contribution in [1.29, 1.82) is 0 Å². The molecule has 43 heavy (non-hydrogen) atoms. The Morgan fingerprint density at radius 2 is 1.47 bits per heavy atom. The number of methoxy groups -OCH3 is 1. The second-order valence-corrected chi connectivity index (χ2v) is 10.2. The number of ether oxygens (including phenoxy) is 1. The predicted octanol–water partition coefficient (Wildman–Crippen LogP) is 6.44. The fourth-order valence-electron chi connectivity index (χ4n) is 5.13. The Morgan fingerprint density at radius 3 is 2.16 bits per heavy atom. The number of hydrogen-bond acceptors (Lipinski definition) is 5. The number of urea groups is 1. The SMILES string of the molecule is COc1ccccc1N1CCN(c2ccc(NC(=O)Nc3ccc(F)cc3F)cc2C(=O)N[C@H](C)c2ccccc2)CC1. The lowest BCUT2D eigenvalue weighted by Gasteiger charge is -2.38. The Morgan fingerprint density at radius 1 is 0.791 bits per heavy atom. The van der Waals surface area contributed by atoms with Crippen LogP contribution in [0.1, 0.15) is 28.9 Å². The maximum absolute atomic E-state index is 14.1. The van der Waals surface area contributed by atoms with Crippen LogP contribution in [0.4, 0.5) is 36.3 Å². The van der Waals surface area contributed by atoms with Gasteiger partial charge < -0.3 is 30.5 Å². The topological polar surface area (TPSA) is 85.9 Å². The molecule has 0 saturated carbocycles. The summed E-state index contributed by atoms with van der Waals surface area (Å²) in [5, 5.41) is 8.10. The first-order valence-electron chi connectivity index (χ1n) is 14.0. The summed E-state index contributed by atoms with van der Waals surface area (Å²) < 4.78 is 32.9. The molecule has 0 unspecified atom stereocenters. The van der Waals surface area contributed by atoms with E-state index in [-0.39, 0.29) is 17.6 Å². The summed E-state index contributed by atoms with van der Waals surface area (Å²) >= 11 is 0. The lowest BCUT2D eigenvalue weighted by atomic mass is 10.1. The van der Waals surface area contributed by atoms with Crippen LogP contribution in [0.2, 0.25) is 0 Å². The Kier molecular flexibility index (Phi) is 9.05. The molecule has 1 aliphatic rings. The molecule has 1 fully saturated rings. The first-order valence-corrected chi connectivity index (χ1v) is 14.0. The minimum atomic E-state index is -0.896. The van der Waals surface area contributed by atoms with E-state index in [9.17, 15) is 18.4 Å². The van der Waals surface area contributed by atoms with Crippen LogP contribution in [0.15, 0.2) is 91.0 Å². The zero-order chi connectivity index (χ0) is 30.3. The van der Waals surface area contributed by atoms with Gasteiger partial charge in [0, 0.05) is 43.6 Å². The minimum Gasteiger partial charge on any atom is -0.495 e. The van der Waals surface area contributed by atoms with E-state index in [2.05, 4.69) is 25.8 Å². The summed E-state index contributed by atoms with van der Waals surface area (Å²) in [5.74, 6) is -1.14. The predicted molar refractivity (Wildman–Crippen MR) is 165 cm³/mol. The van der Waals surface area contributed by atoms with E-state index in [1.54, 1.807) is 25.3 Å². The third-order valence-electron chi connectivity index (χ3n) is 7.37. The molecule has 222 valence electrons. The number of amides is 3. The number of carbonyl (C=O) groups excluding carboxylic acids is 2. The van der Waals surface area contributed by atoms with Gasteiger partial charge in [-0.3, -0.25) is 4.79 Å². The van der Waals surface area contributed by atoms with Crippen LogP contribution in [0.25, 0.3) is 0 Å². The monoisotopic (exact) mass is 585 g/mol. The second kappa shape index (κ2) is 13.2. The highest BCUT2D eigenvalue weighted by Gasteiger charge is 2.24. The average molecular weight is 586 g/mol. The molecule has 5 rings (SSSR count). The first kappa shape index (κ1) is 29.4. The van der Waals surface area contributed by atoms with Crippen molar-refractivity contribution in [3.8, 4) is 5.75 Å². The van der Waals surface area contributed by atoms with Gasteiger partial charge in [-0.1, -0.05) is 42.5 Å². The Hall–Kier alpha value is -5.12. The molecule has 0 radical (unpaired) electrons. The standard InChI is InChI=1S/C33H33F2N5O3/c1-22(23-8-4-3-5-9-23)36-32(41)26-21-25(37-33(42)38-28-14-12-24(34)20-27(28)35)13-15-29(26)39-16-18-40(19-17-39)30-10-6-7-11-31(30)43-2/h3-15,20-22H,16-19H2,1-2H3,(H,36,41)(H2,37,38,42)/t22-/m1/s1. The second-order valence-electron chi connectivity index (χ2n) is 10.2. The van der Waals surface area contributed by atoms with Crippen molar-refractivity contribution in [2.75, 3.05) is 53.7 Å². The van der Waals surface area contributed by atoms with Crippen LogP contribution in [-0.4, -0.2) is 45.2 Å². The number of rotatable bonds is 8. The summed E-state index contributed by atoms with van der Waals surface area (Å²) in [4.78, 5) is 30.7. The summed E-state index contributed by atoms with van der Waals surface area (Å²) in [6.07, 6.45) is 0. The molecule has 3 amide bonds. The van der Waals surface area contributed by atoms with Crippen LogP contribution in [-0.2, 0) is 0 Å². The molecular weight excluding hydrogens is 552 g/mol. The molecule has 4 aromatic rings. The summed E-state index contributed by atoms with van der Waals surface area (Å²) in [6, 6.07) is 24.5. The summed E-state index contributed by atoms with van der Waals surface area (Å²) in [7, 11) is 1.66. The molecule has 1 atom stereocenters. The van der Waals surface area contributed by atoms with E-state index in [4.69, 9.17) is 4.74 Å². The molecule has 0 spiro atoms. The number of piperazine rings is 1. The number of nitrogens with zero attached hydrogens (tertiary/aromatic N) is 2. The largest absolute Gasteiger partial charge is 0.495 e. The van der Waals surface area contributed by atoms with E-state index >= 15 is 0 Å². The van der Waals surface area contributed by atoms with Gasteiger partial charge in [0.2, 0.25) is 0 Å². The van der Waals surface area contributed by atoms with Crippen molar-refractivity contribution >= 4 is 34.7 Å². The van der Waals surface area contributed by atoms with Crippen molar-refractivity contribution in [2.24, 2.45) is 0 Å². The molecule has 0 aliphatic carbocycles. The molecule has 0 aromatic heterocycles. The van der Waals surface area contributed by atoms with Crippen molar-refractivity contribution in [2.45, 2.75) is 13.0 Å². The smallest absolute Gasteiger partial charge is 0.323 e. The number of hydrogen-bond donors (Lipinski definition) is 3. The third kappa shape index (κ3) is 7.03. The van der Waals surface area contributed by atoms with Crippen LogP contribution in [0, 0.1) is 11.6 Å². The number of para-hydroxylation sites is 2. The zero-order valence-electron chi connectivity index (χ0n) is 23.9. The van der Waals surface area contributed by atoms with Crippen LogP contribution >= 0.6 is 0 Å². The highest BCUT2D eigenvalue weighted by Crippen LogP contribution is 2.31. The number of halogens is 2. The highest BCUT2D eigenvalue weighted by atomic mass is 19.1. The molecule has 0 bridgehead atoms. The van der Waals surface area contributed by atoms with Gasteiger partial charge in [-0.25, -0.2) is 13.6 Å². The fraction of sp³-hybridized carbons (Fsp3) is 0.212. The molecule has 1 heterocycles. The summed E-state index contributed by atoms with van der Waals surface area (Å²) in [6.45, 7) is 4.65. The number of carbonyl (C=O) groups is 2. The van der Waals surface area contributed by atoms with Gasteiger partial charge in [0.15, 0.2) is 0 Å². The van der Waals surface area contributed by atoms with Crippen molar-refractivity contribution in [1.82, 2.24) is 5.32 Å². The van der Waals surface area contributed by atoms with E-state index in [0.29, 0.717) is 43.5 Å². The Balaban J connectivity index is 1.36. The molecule has 1 aliphatic heterocycles. The number of benzene rings is 4. The zero-order valence-corrected chi connectivity index (χ0v) is 23.9. The van der Waals surface area contributed by atoms with E-state index in [1.807, 2.05) is 61.5 Å². The quantitative estimate of drug-likeness (QED) is 0.222.